The van der Waals surface area contributed by atoms with Crippen molar-refractivity contribution in [3.05, 3.63) is 59.0 Å². The van der Waals surface area contributed by atoms with Crippen LogP contribution in [0, 0.1) is 19.8 Å². The molecule has 0 radical (unpaired) electrons. The Morgan fingerprint density at radius 2 is 1.82 bits per heavy atom. The number of hydrogen-bond acceptors (Lipinski definition) is 4. The lowest BCUT2D eigenvalue weighted by molar-refractivity contribution is -0.0265. The smallest absolute Gasteiger partial charge is 0.191 e. The van der Waals surface area contributed by atoms with Crippen molar-refractivity contribution < 1.29 is 9.15 Å². The average molecular weight is 567 g/mol. The van der Waals surface area contributed by atoms with E-state index in [1.54, 1.807) is 0 Å². The van der Waals surface area contributed by atoms with Crippen molar-refractivity contribution in [2.45, 2.75) is 51.7 Å². The summed E-state index contributed by atoms with van der Waals surface area (Å²) in [5.41, 5.74) is 2.55. The number of ether oxygens (including phenoxy) is 1. The summed E-state index contributed by atoms with van der Waals surface area (Å²) in [6.45, 7) is 8.82. The van der Waals surface area contributed by atoms with Crippen LogP contribution in [-0.4, -0.2) is 50.7 Å². The van der Waals surface area contributed by atoms with E-state index in [2.05, 4.69) is 63.8 Å². The van der Waals surface area contributed by atoms with Gasteiger partial charge in [-0.2, -0.15) is 0 Å². The van der Waals surface area contributed by atoms with Crippen LogP contribution in [0.3, 0.4) is 0 Å². The monoisotopic (exact) mass is 566 g/mol. The van der Waals surface area contributed by atoms with Crippen molar-refractivity contribution in [3.63, 3.8) is 0 Å². The molecule has 4 rings (SSSR count). The predicted molar refractivity (Wildman–Crippen MR) is 144 cm³/mol. The van der Waals surface area contributed by atoms with Gasteiger partial charge in [-0.3, -0.25) is 9.89 Å². The number of hydrogen-bond donors (Lipinski definition) is 2. The first-order chi connectivity index (χ1) is 15.6. The summed E-state index contributed by atoms with van der Waals surface area (Å²) >= 11 is 0. The number of aryl methyl sites for hydroxylation is 2. The van der Waals surface area contributed by atoms with Gasteiger partial charge in [0.05, 0.1) is 12.1 Å². The van der Waals surface area contributed by atoms with E-state index in [0.717, 1.165) is 63.1 Å². The zero-order valence-electron chi connectivity index (χ0n) is 20.2. The van der Waals surface area contributed by atoms with Crippen molar-refractivity contribution in [3.8, 4) is 0 Å². The summed E-state index contributed by atoms with van der Waals surface area (Å²) in [5.74, 6) is 3.26. The molecule has 0 bridgehead atoms. The molecule has 2 aliphatic heterocycles. The first-order valence-corrected chi connectivity index (χ1v) is 12.1. The van der Waals surface area contributed by atoms with Crippen molar-refractivity contribution >= 4 is 29.9 Å². The standard InChI is InChI=1S/C26H38N4O2.HI/c1-19-8-11-21(12-9-19)25-22(7-6-16-31-25)17-28-26(27-3)29-18-23(30-14-4-5-15-30)24-13-10-20(2)32-24;/h8-13,22-23,25H,4-7,14-18H2,1-3H3,(H2,27,28,29);1H. The maximum Gasteiger partial charge on any atom is 0.191 e. The molecule has 0 aliphatic carbocycles. The molecular weight excluding hydrogens is 527 g/mol. The van der Waals surface area contributed by atoms with Gasteiger partial charge in [-0.05, 0) is 70.3 Å². The van der Waals surface area contributed by atoms with Gasteiger partial charge in [0, 0.05) is 32.7 Å². The largest absolute Gasteiger partial charge is 0.465 e. The Morgan fingerprint density at radius 3 is 2.48 bits per heavy atom. The Morgan fingerprint density at radius 1 is 1.06 bits per heavy atom. The lowest BCUT2D eigenvalue weighted by Crippen LogP contribution is -2.45. The van der Waals surface area contributed by atoms with Gasteiger partial charge in [0.2, 0.25) is 0 Å². The van der Waals surface area contributed by atoms with E-state index in [1.165, 1.54) is 24.0 Å². The highest BCUT2D eigenvalue weighted by Gasteiger charge is 2.28. The summed E-state index contributed by atoms with van der Waals surface area (Å²) in [7, 11) is 1.84. The van der Waals surface area contributed by atoms with Gasteiger partial charge in [-0.1, -0.05) is 29.8 Å². The van der Waals surface area contributed by atoms with Gasteiger partial charge >= 0.3 is 0 Å². The minimum atomic E-state index is 0. The van der Waals surface area contributed by atoms with E-state index in [-0.39, 0.29) is 36.1 Å². The minimum Gasteiger partial charge on any atom is -0.465 e. The molecule has 0 spiro atoms. The van der Waals surface area contributed by atoms with Gasteiger partial charge in [0.25, 0.3) is 0 Å². The highest BCUT2D eigenvalue weighted by molar-refractivity contribution is 14.0. The maximum atomic E-state index is 6.19. The average Bonchev–Trinajstić information content (AvgIpc) is 3.49. The van der Waals surface area contributed by atoms with E-state index in [1.807, 2.05) is 14.0 Å². The number of likely N-dealkylation sites (tertiary alicyclic amines) is 1. The molecule has 3 unspecified atom stereocenters. The second-order valence-electron chi connectivity index (χ2n) is 9.15. The highest BCUT2D eigenvalue weighted by atomic mass is 127. The molecule has 182 valence electrons. The van der Waals surface area contributed by atoms with E-state index < -0.39 is 0 Å². The number of nitrogens with one attached hydrogen (secondary N) is 2. The Labute approximate surface area is 215 Å². The van der Waals surface area contributed by atoms with E-state index >= 15 is 0 Å². The van der Waals surface area contributed by atoms with Gasteiger partial charge < -0.3 is 19.8 Å². The lowest BCUT2D eigenvalue weighted by Gasteiger charge is -2.33. The van der Waals surface area contributed by atoms with Crippen molar-refractivity contribution in [1.82, 2.24) is 15.5 Å². The molecule has 33 heavy (non-hydrogen) atoms. The first kappa shape index (κ1) is 26.0. The summed E-state index contributed by atoms with van der Waals surface area (Å²) in [6.07, 6.45) is 4.91. The maximum absolute atomic E-state index is 6.19. The summed E-state index contributed by atoms with van der Waals surface area (Å²) in [5, 5.41) is 7.11. The highest BCUT2D eigenvalue weighted by Crippen LogP contribution is 2.33. The number of rotatable bonds is 7. The van der Waals surface area contributed by atoms with Crippen molar-refractivity contribution in [2.75, 3.05) is 39.8 Å². The fourth-order valence-electron chi connectivity index (χ4n) is 4.91. The summed E-state index contributed by atoms with van der Waals surface area (Å²) in [6, 6.07) is 13.2. The van der Waals surface area contributed by atoms with Crippen LogP contribution in [0.4, 0.5) is 0 Å². The molecule has 0 amide bonds. The molecule has 2 saturated heterocycles. The van der Waals surface area contributed by atoms with Crippen molar-refractivity contribution in [1.29, 1.82) is 0 Å². The Hall–Kier alpha value is -1.58. The zero-order valence-corrected chi connectivity index (χ0v) is 22.5. The normalized spacial score (nSPS) is 22.6. The second kappa shape index (κ2) is 12.8. The van der Waals surface area contributed by atoms with Gasteiger partial charge in [-0.25, -0.2) is 0 Å². The molecule has 3 atom stereocenters. The molecule has 0 saturated carbocycles. The van der Waals surface area contributed by atoms with Gasteiger partial charge in [-0.15, -0.1) is 24.0 Å². The minimum absolute atomic E-state index is 0. The molecule has 2 N–H and O–H groups in total. The summed E-state index contributed by atoms with van der Waals surface area (Å²) in [4.78, 5) is 7.00. The third-order valence-corrected chi connectivity index (χ3v) is 6.74. The van der Waals surface area contributed by atoms with Gasteiger partial charge in [0.15, 0.2) is 5.96 Å². The number of aliphatic imine (C=N–C) groups is 1. The molecule has 2 aromatic rings. The van der Waals surface area contributed by atoms with Crippen LogP contribution < -0.4 is 10.6 Å². The van der Waals surface area contributed by atoms with Crippen LogP contribution in [0.5, 0.6) is 0 Å². The van der Waals surface area contributed by atoms with Crippen LogP contribution >= 0.6 is 24.0 Å². The predicted octanol–water partition coefficient (Wildman–Crippen LogP) is 4.98. The van der Waals surface area contributed by atoms with Crippen LogP contribution in [0.15, 0.2) is 45.8 Å². The summed E-state index contributed by atoms with van der Waals surface area (Å²) < 4.78 is 12.2. The van der Waals surface area contributed by atoms with Crippen LogP contribution in [0.25, 0.3) is 0 Å². The molecular formula is C26H39IN4O2. The third-order valence-electron chi connectivity index (χ3n) is 6.74. The fourth-order valence-corrected chi connectivity index (χ4v) is 4.91. The SMILES string of the molecule is CN=C(NCC1CCCOC1c1ccc(C)cc1)NCC(c1ccc(C)o1)N1CCCC1.I. The van der Waals surface area contributed by atoms with E-state index in [0.29, 0.717) is 5.92 Å². The third kappa shape index (κ3) is 6.96. The number of nitrogens with zero attached hydrogens (tertiary/aromatic N) is 2. The number of benzene rings is 1. The van der Waals surface area contributed by atoms with Crippen LogP contribution in [0.1, 0.15) is 60.5 Å². The molecule has 3 heterocycles. The zero-order chi connectivity index (χ0) is 22.3. The Bertz CT molecular complexity index is 877. The Balaban J connectivity index is 0.00000306. The quantitative estimate of drug-likeness (QED) is 0.281. The van der Waals surface area contributed by atoms with E-state index in [9.17, 15) is 0 Å². The molecule has 7 heteroatoms. The molecule has 1 aromatic heterocycles. The van der Waals surface area contributed by atoms with Crippen LogP contribution in [0.2, 0.25) is 0 Å². The van der Waals surface area contributed by atoms with E-state index in [4.69, 9.17) is 9.15 Å². The topological polar surface area (TPSA) is 62.0 Å². The Kier molecular flexibility index (Phi) is 10.1. The molecule has 2 fully saturated rings. The first-order valence-electron chi connectivity index (χ1n) is 12.1. The fraction of sp³-hybridized carbons (Fsp3) is 0.577. The lowest BCUT2D eigenvalue weighted by atomic mass is 9.89. The molecule has 6 nitrogen and oxygen atoms in total. The molecule has 2 aliphatic rings. The molecule has 1 aromatic carbocycles. The van der Waals surface area contributed by atoms with Crippen LogP contribution in [-0.2, 0) is 4.74 Å². The number of guanidine groups is 1. The number of furan rings is 1. The van der Waals surface area contributed by atoms with Gasteiger partial charge in [0.1, 0.15) is 11.5 Å². The number of halogens is 1. The van der Waals surface area contributed by atoms with Crippen molar-refractivity contribution in [2.24, 2.45) is 10.9 Å². The second-order valence-corrected chi connectivity index (χ2v) is 9.15.